The van der Waals surface area contributed by atoms with Gasteiger partial charge < -0.3 is 10.0 Å². The number of likely N-dealkylation sites (tertiary alicyclic amines) is 1. The van der Waals surface area contributed by atoms with Crippen LogP contribution in [0.3, 0.4) is 0 Å². The van der Waals surface area contributed by atoms with Crippen LogP contribution in [0.25, 0.3) is 0 Å². The van der Waals surface area contributed by atoms with Crippen LogP contribution in [0.4, 0.5) is 0 Å². The topological polar surface area (TPSA) is 23.5 Å². The smallest absolute Gasteiger partial charge is 0.118 e. The monoisotopic (exact) mass is 177 g/mol. The molecule has 1 atom stereocenters. The molecule has 0 amide bonds. The van der Waals surface area contributed by atoms with E-state index < -0.39 is 0 Å². The normalized spacial score (nSPS) is 22.7. The van der Waals surface area contributed by atoms with Gasteiger partial charge in [0.1, 0.15) is 5.75 Å². The lowest BCUT2D eigenvalue weighted by atomic mass is 9.96. The number of benzene rings is 1. The first-order valence-electron chi connectivity index (χ1n) is 4.74. The van der Waals surface area contributed by atoms with Gasteiger partial charge in [-0.25, -0.2) is 0 Å². The maximum Gasteiger partial charge on any atom is 0.118 e. The van der Waals surface area contributed by atoms with Crippen LogP contribution in [0.5, 0.6) is 5.75 Å². The van der Waals surface area contributed by atoms with E-state index in [-0.39, 0.29) is 0 Å². The number of likely N-dealkylation sites (N-methyl/N-ethyl adjacent to an activating group) is 1. The highest BCUT2D eigenvalue weighted by molar-refractivity contribution is 5.32. The number of hydrogen-bond acceptors (Lipinski definition) is 2. The molecule has 0 bridgehead atoms. The van der Waals surface area contributed by atoms with E-state index in [0.29, 0.717) is 11.8 Å². The third-order valence-electron chi connectivity index (χ3n) is 2.89. The van der Waals surface area contributed by atoms with Gasteiger partial charge in [0.25, 0.3) is 0 Å². The highest BCUT2D eigenvalue weighted by Crippen LogP contribution is 2.24. The van der Waals surface area contributed by atoms with Crippen LogP contribution in [0.1, 0.15) is 12.0 Å². The van der Waals surface area contributed by atoms with Gasteiger partial charge in [-0.15, -0.1) is 0 Å². The first-order chi connectivity index (χ1) is 6.27. The first-order valence-corrected chi connectivity index (χ1v) is 4.74. The fourth-order valence-corrected chi connectivity index (χ4v) is 1.77. The van der Waals surface area contributed by atoms with Gasteiger partial charge in [-0.05, 0) is 38.1 Å². The molecule has 1 N–H and O–H groups in total. The molecule has 2 heteroatoms. The summed E-state index contributed by atoms with van der Waals surface area (Å²) in [6.45, 7) is 1.19. The number of phenolic OH excluding ortho intramolecular Hbond substituents is 1. The molecule has 1 saturated heterocycles. The Morgan fingerprint density at radius 1 is 1.46 bits per heavy atom. The summed E-state index contributed by atoms with van der Waals surface area (Å²) < 4.78 is 0. The van der Waals surface area contributed by atoms with E-state index in [1.54, 1.807) is 6.07 Å². The molecule has 1 aromatic carbocycles. The quantitative estimate of drug-likeness (QED) is 0.742. The molecule has 1 aliphatic heterocycles. The number of phenols is 1. The van der Waals surface area contributed by atoms with Gasteiger partial charge in [-0.2, -0.15) is 0 Å². The van der Waals surface area contributed by atoms with Gasteiger partial charge in [0.15, 0.2) is 0 Å². The Kier molecular flexibility index (Phi) is 2.23. The SMILES string of the molecule is CN1CCC1Cc1ccccc1O. The Morgan fingerprint density at radius 3 is 2.77 bits per heavy atom. The average Bonchev–Trinajstić information content (AvgIpc) is 2.14. The van der Waals surface area contributed by atoms with Crippen molar-refractivity contribution < 1.29 is 5.11 Å². The summed E-state index contributed by atoms with van der Waals surface area (Å²) in [4.78, 5) is 2.33. The van der Waals surface area contributed by atoms with Gasteiger partial charge in [0.2, 0.25) is 0 Å². The molecule has 1 aliphatic rings. The van der Waals surface area contributed by atoms with Gasteiger partial charge in [-0.3, -0.25) is 0 Å². The lowest BCUT2D eigenvalue weighted by molar-refractivity contribution is 0.126. The molecule has 2 rings (SSSR count). The number of nitrogens with zero attached hydrogens (tertiary/aromatic N) is 1. The van der Waals surface area contributed by atoms with Crippen LogP contribution in [0.2, 0.25) is 0 Å². The van der Waals surface area contributed by atoms with E-state index in [4.69, 9.17) is 0 Å². The summed E-state index contributed by atoms with van der Waals surface area (Å²) in [5.41, 5.74) is 1.07. The van der Waals surface area contributed by atoms with E-state index in [1.807, 2.05) is 18.2 Å². The maximum absolute atomic E-state index is 9.55. The molecule has 0 spiro atoms. The minimum atomic E-state index is 0.433. The molecule has 13 heavy (non-hydrogen) atoms. The standard InChI is InChI=1S/C11H15NO/c1-12-7-6-10(12)8-9-4-2-3-5-11(9)13/h2-5,10,13H,6-8H2,1H3. The zero-order chi connectivity index (χ0) is 9.26. The molecule has 0 saturated carbocycles. The predicted molar refractivity (Wildman–Crippen MR) is 52.8 cm³/mol. The number of para-hydroxylation sites is 1. The van der Waals surface area contributed by atoms with Crippen molar-refractivity contribution >= 4 is 0 Å². The molecular formula is C11H15NO. The van der Waals surface area contributed by atoms with Crippen LogP contribution < -0.4 is 0 Å². The van der Waals surface area contributed by atoms with Gasteiger partial charge in [0.05, 0.1) is 0 Å². The lowest BCUT2D eigenvalue weighted by Crippen LogP contribution is -2.45. The Balaban J connectivity index is 2.05. The largest absolute Gasteiger partial charge is 0.508 e. The van der Waals surface area contributed by atoms with Crippen LogP contribution in [-0.4, -0.2) is 29.6 Å². The van der Waals surface area contributed by atoms with Crippen molar-refractivity contribution in [3.63, 3.8) is 0 Å². The molecule has 0 aliphatic carbocycles. The second kappa shape index (κ2) is 3.38. The van der Waals surface area contributed by atoms with E-state index in [0.717, 1.165) is 12.0 Å². The Morgan fingerprint density at radius 2 is 2.23 bits per heavy atom. The second-order valence-corrected chi connectivity index (χ2v) is 3.76. The molecule has 2 nitrogen and oxygen atoms in total. The van der Waals surface area contributed by atoms with Crippen LogP contribution in [0, 0.1) is 0 Å². The average molecular weight is 177 g/mol. The van der Waals surface area contributed by atoms with E-state index in [1.165, 1.54) is 13.0 Å². The minimum Gasteiger partial charge on any atom is -0.508 e. The molecule has 1 unspecified atom stereocenters. The second-order valence-electron chi connectivity index (χ2n) is 3.76. The Hall–Kier alpha value is -1.02. The predicted octanol–water partition coefficient (Wildman–Crippen LogP) is 1.64. The van der Waals surface area contributed by atoms with E-state index in [9.17, 15) is 5.11 Å². The third kappa shape index (κ3) is 1.68. The first kappa shape index (κ1) is 8.57. The van der Waals surface area contributed by atoms with Crippen LogP contribution >= 0.6 is 0 Å². The van der Waals surface area contributed by atoms with E-state index >= 15 is 0 Å². The summed E-state index contributed by atoms with van der Waals surface area (Å²) in [7, 11) is 2.13. The lowest BCUT2D eigenvalue weighted by Gasteiger charge is -2.38. The minimum absolute atomic E-state index is 0.433. The molecule has 0 aromatic heterocycles. The van der Waals surface area contributed by atoms with Gasteiger partial charge in [-0.1, -0.05) is 18.2 Å². The fraction of sp³-hybridized carbons (Fsp3) is 0.455. The van der Waals surface area contributed by atoms with Crippen LogP contribution in [0.15, 0.2) is 24.3 Å². The third-order valence-corrected chi connectivity index (χ3v) is 2.89. The molecule has 0 radical (unpaired) electrons. The van der Waals surface area contributed by atoms with Gasteiger partial charge >= 0.3 is 0 Å². The van der Waals surface area contributed by atoms with Crippen molar-refractivity contribution in [2.24, 2.45) is 0 Å². The zero-order valence-corrected chi connectivity index (χ0v) is 7.90. The molecule has 1 fully saturated rings. The van der Waals surface area contributed by atoms with Crippen molar-refractivity contribution in [3.05, 3.63) is 29.8 Å². The summed E-state index contributed by atoms with van der Waals surface area (Å²) in [6.07, 6.45) is 2.23. The number of hydrogen-bond donors (Lipinski definition) is 1. The van der Waals surface area contributed by atoms with Crippen LogP contribution in [-0.2, 0) is 6.42 Å². The summed E-state index contributed by atoms with van der Waals surface area (Å²) in [5, 5.41) is 9.55. The zero-order valence-electron chi connectivity index (χ0n) is 7.90. The van der Waals surface area contributed by atoms with Crippen molar-refractivity contribution in [2.75, 3.05) is 13.6 Å². The van der Waals surface area contributed by atoms with Crippen molar-refractivity contribution in [2.45, 2.75) is 18.9 Å². The summed E-state index contributed by atoms with van der Waals surface area (Å²) in [5.74, 6) is 0.433. The molecule has 1 heterocycles. The van der Waals surface area contributed by atoms with Crippen molar-refractivity contribution in [3.8, 4) is 5.75 Å². The fourth-order valence-electron chi connectivity index (χ4n) is 1.77. The number of rotatable bonds is 2. The Bertz CT molecular complexity index is 298. The van der Waals surface area contributed by atoms with Gasteiger partial charge in [0, 0.05) is 6.04 Å². The summed E-state index contributed by atoms with van der Waals surface area (Å²) in [6, 6.07) is 8.24. The molecular weight excluding hydrogens is 162 g/mol. The molecule has 1 aromatic rings. The van der Waals surface area contributed by atoms with E-state index in [2.05, 4.69) is 11.9 Å². The summed E-state index contributed by atoms with van der Waals surface area (Å²) >= 11 is 0. The number of aromatic hydroxyl groups is 1. The maximum atomic E-state index is 9.55. The van der Waals surface area contributed by atoms with Crippen molar-refractivity contribution in [1.82, 2.24) is 4.90 Å². The highest BCUT2D eigenvalue weighted by Gasteiger charge is 2.24. The van der Waals surface area contributed by atoms with Crippen molar-refractivity contribution in [1.29, 1.82) is 0 Å². The Labute approximate surface area is 78.8 Å². The highest BCUT2D eigenvalue weighted by atomic mass is 16.3. The molecule has 70 valence electrons.